The maximum atomic E-state index is 13.9. The molecule has 35 heavy (non-hydrogen) atoms. The fourth-order valence-corrected chi connectivity index (χ4v) is 6.12. The molecular weight excluding hydrogens is 484 g/mol. The molecule has 2 heterocycles. The number of aromatic amines is 1. The molecule has 0 unspecified atom stereocenters. The van der Waals surface area contributed by atoms with Crippen LogP contribution < -0.4 is 10.3 Å². The third-order valence-corrected chi connectivity index (χ3v) is 8.18. The molecule has 8 nitrogen and oxygen atoms in total. The first kappa shape index (κ1) is 23.2. The van der Waals surface area contributed by atoms with Gasteiger partial charge in [-0.25, -0.2) is 8.42 Å². The summed E-state index contributed by atoms with van der Waals surface area (Å²) in [6.07, 6.45) is 0. The first-order valence-corrected chi connectivity index (χ1v) is 13.0. The third kappa shape index (κ3) is 4.55. The highest BCUT2D eigenvalue weighted by molar-refractivity contribution is 7.89. The van der Waals surface area contributed by atoms with Crippen LogP contribution in [-0.4, -0.2) is 33.6 Å². The Bertz CT molecular complexity index is 1690. The Morgan fingerprint density at radius 2 is 1.80 bits per heavy atom. The Kier molecular flexibility index (Phi) is 6.10. The summed E-state index contributed by atoms with van der Waals surface area (Å²) in [7, 11) is -2.46. The van der Waals surface area contributed by atoms with Crippen molar-refractivity contribution >= 4 is 43.7 Å². The van der Waals surface area contributed by atoms with Crippen molar-refractivity contribution < 1.29 is 13.2 Å². The van der Waals surface area contributed by atoms with E-state index >= 15 is 0 Å². The van der Waals surface area contributed by atoms with E-state index in [1.54, 1.807) is 49.6 Å². The van der Waals surface area contributed by atoms with Crippen LogP contribution in [0.5, 0.6) is 5.75 Å². The lowest BCUT2D eigenvalue weighted by Gasteiger charge is -2.22. The van der Waals surface area contributed by atoms with Crippen molar-refractivity contribution in [2.24, 2.45) is 0 Å². The number of aromatic nitrogens is 3. The van der Waals surface area contributed by atoms with Crippen LogP contribution in [0.25, 0.3) is 21.9 Å². The Balaban J connectivity index is 1.60. The summed E-state index contributed by atoms with van der Waals surface area (Å²) >= 11 is 0.960. The van der Waals surface area contributed by atoms with E-state index in [4.69, 9.17) is 4.74 Å². The van der Waals surface area contributed by atoms with Gasteiger partial charge >= 0.3 is 0 Å². The summed E-state index contributed by atoms with van der Waals surface area (Å²) in [5, 5.41) is 0.831. The van der Waals surface area contributed by atoms with Crippen molar-refractivity contribution in [3.63, 3.8) is 0 Å². The number of rotatable bonds is 7. The van der Waals surface area contributed by atoms with E-state index in [9.17, 15) is 13.2 Å². The molecule has 0 spiro atoms. The monoisotopic (exact) mass is 506 g/mol. The van der Waals surface area contributed by atoms with Crippen molar-refractivity contribution in [2.75, 3.05) is 7.11 Å². The van der Waals surface area contributed by atoms with Crippen molar-refractivity contribution in [3.05, 3.63) is 93.8 Å². The summed E-state index contributed by atoms with van der Waals surface area (Å²) in [4.78, 5) is 15.9. The van der Waals surface area contributed by atoms with Crippen LogP contribution in [0.15, 0.2) is 76.4 Å². The van der Waals surface area contributed by atoms with Gasteiger partial charge in [0, 0.05) is 24.2 Å². The van der Waals surface area contributed by atoms with Gasteiger partial charge in [0.2, 0.25) is 10.0 Å². The largest absolute Gasteiger partial charge is 0.497 e. The number of hydrogen-bond acceptors (Lipinski definition) is 7. The minimum atomic E-state index is -4.03. The molecule has 2 aromatic heterocycles. The zero-order valence-electron chi connectivity index (χ0n) is 19.1. The van der Waals surface area contributed by atoms with E-state index in [0.717, 1.165) is 28.2 Å². The summed E-state index contributed by atoms with van der Waals surface area (Å²) in [5.41, 5.74) is 3.34. The number of methoxy groups -OCH3 is 1. The molecule has 0 amide bonds. The molecule has 0 aliphatic heterocycles. The molecule has 0 saturated carbocycles. The molecule has 0 bridgehead atoms. The van der Waals surface area contributed by atoms with E-state index in [1.165, 1.54) is 10.4 Å². The number of nitrogens with zero attached hydrogens (tertiary/aromatic N) is 3. The average molecular weight is 507 g/mol. The van der Waals surface area contributed by atoms with Gasteiger partial charge in [-0.15, -0.1) is 0 Å². The van der Waals surface area contributed by atoms with Crippen LogP contribution in [0, 0.1) is 6.92 Å². The zero-order chi connectivity index (χ0) is 24.6. The molecule has 0 aliphatic carbocycles. The maximum Gasteiger partial charge on any atom is 0.252 e. The second-order valence-electron chi connectivity index (χ2n) is 8.22. The van der Waals surface area contributed by atoms with Crippen LogP contribution in [-0.2, 0) is 23.1 Å². The predicted molar refractivity (Wildman–Crippen MR) is 136 cm³/mol. The number of fused-ring (bicyclic) bond motifs is 2. The fraction of sp³-hybridized carbons (Fsp3) is 0.160. The van der Waals surface area contributed by atoms with Crippen LogP contribution in [0.1, 0.15) is 16.7 Å². The van der Waals surface area contributed by atoms with Crippen LogP contribution >= 0.6 is 11.7 Å². The topological polar surface area (TPSA) is 105 Å². The second-order valence-corrected chi connectivity index (χ2v) is 10.7. The highest BCUT2D eigenvalue weighted by Gasteiger charge is 2.29. The van der Waals surface area contributed by atoms with Crippen molar-refractivity contribution in [1.82, 2.24) is 18.0 Å². The van der Waals surface area contributed by atoms with Gasteiger partial charge in [-0.3, -0.25) is 4.79 Å². The van der Waals surface area contributed by atoms with Crippen molar-refractivity contribution in [3.8, 4) is 5.75 Å². The number of ether oxygens (including phenoxy) is 1. The number of sulfonamides is 1. The highest BCUT2D eigenvalue weighted by atomic mass is 32.2. The van der Waals surface area contributed by atoms with Crippen molar-refractivity contribution in [1.29, 1.82) is 0 Å². The Morgan fingerprint density at radius 1 is 1.00 bits per heavy atom. The number of nitrogens with one attached hydrogen (secondary N) is 1. The molecule has 0 radical (unpaired) electrons. The molecule has 10 heteroatoms. The van der Waals surface area contributed by atoms with Gasteiger partial charge in [0.15, 0.2) is 0 Å². The highest BCUT2D eigenvalue weighted by Crippen LogP contribution is 2.27. The van der Waals surface area contributed by atoms with Gasteiger partial charge in [0.25, 0.3) is 5.56 Å². The first-order valence-electron chi connectivity index (χ1n) is 10.8. The lowest BCUT2D eigenvalue weighted by molar-refractivity contribution is 0.398. The summed E-state index contributed by atoms with van der Waals surface area (Å²) in [6, 6.07) is 19.5. The summed E-state index contributed by atoms with van der Waals surface area (Å²) < 4.78 is 42.7. The Hall–Kier alpha value is -3.60. The molecule has 0 fully saturated rings. The van der Waals surface area contributed by atoms with E-state index in [0.29, 0.717) is 27.9 Å². The Morgan fingerprint density at radius 3 is 2.57 bits per heavy atom. The average Bonchev–Trinajstić information content (AvgIpc) is 3.33. The van der Waals surface area contributed by atoms with E-state index < -0.39 is 10.0 Å². The smallest absolute Gasteiger partial charge is 0.252 e. The van der Waals surface area contributed by atoms with Crippen LogP contribution in [0.4, 0.5) is 0 Å². The van der Waals surface area contributed by atoms with Gasteiger partial charge < -0.3 is 9.72 Å². The van der Waals surface area contributed by atoms with Gasteiger partial charge in [-0.1, -0.05) is 30.3 Å². The fourth-order valence-electron chi connectivity index (χ4n) is 3.96. The number of pyridine rings is 1. The number of benzene rings is 3. The van der Waals surface area contributed by atoms with E-state index in [1.807, 2.05) is 25.1 Å². The first-order chi connectivity index (χ1) is 16.8. The Labute approximate surface area is 206 Å². The van der Waals surface area contributed by atoms with Crippen LogP contribution in [0.2, 0.25) is 0 Å². The molecule has 0 atom stereocenters. The summed E-state index contributed by atoms with van der Waals surface area (Å²) in [5.74, 6) is 0.669. The van der Waals surface area contributed by atoms with Crippen LogP contribution in [0.3, 0.4) is 0 Å². The molecule has 1 N–H and O–H groups in total. The van der Waals surface area contributed by atoms with Gasteiger partial charge in [0.05, 0.1) is 18.8 Å². The lowest BCUT2D eigenvalue weighted by Crippen LogP contribution is -2.32. The van der Waals surface area contributed by atoms with Gasteiger partial charge in [0.1, 0.15) is 21.7 Å². The third-order valence-electron chi connectivity index (χ3n) is 5.81. The molecular formula is C25H22N4O4S2. The number of H-pyrrole nitrogens is 1. The molecule has 3 aromatic carbocycles. The number of hydrogen-bond donors (Lipinski definition) is 1. The standard InChI is InChI=1S/C25H22N4O4S2/c1-16-6-9-18-13-19(25(30)26-22(18)12-16)15-29(14-17-7-10-20(33-2)11-8-17)35(31,32)23-5-3-4-21-24(23)28-34-27-21/h3-13H,14-15H2,1-2H3,(H,26,30). The molecule has 0 aliphatic rings. The normalized spacial score (nSPS) is 12.0. The maximum absolute atomic E-state index is 13.9. The molecule has 5 rings (SSSR count). The van der Waals surface area contributed by atoms with Crippen molar-refractivity contribution in [2.45, 2.75) is 24.9 Å². The second kappa shape index (κ2) is 9.21. The number of aryl methyl sites for hydroxylation is 1. The molecule has 5 aromatic rings. The van der Waals surface area contributed by atoms with Gasteiger partial charge in [-0.05, 0) is 59.8 Å². The zero-order valence-corrected chi connectivity index (χ0v) is 20.7. The quantitative estimate of drug-likeness (QED) is 0.354. The lowest BCUT2D eigenvalue weighted by atomic mass is 10.1. The summed E-state index contributed by atoms with van der Waals surface area (Å²) in [6.45, 7) is 1.90. The van der Waals surface area contributed by atoms with E-state index in [-0.39, 0.29) is 23.5 Å². The SMILES string of the molecule is COc1ccc(CN(Cc2cc3ccc(C)cc3[nH]c2=O)S(=O)(=O)c2cccc3nsnc23)cc1. The minimum absolute atomic E-state index is 0.0603. The van der Waals surface area contributed by atoms with Gasteiger partial charge in [-0.2, -0.15) is 13.1 Å². The predicted octanol–water partition coefficient (Wildman–Crippen LogP) is 4.24. The van der Waals surface area contributed by atoms with E-state index in [2.05, 4.69) is 13.7 Å². The minimum Gasteiger partial charge on any atom is -0.497 e. The molecule has 178 valence electrons. The molecule has 0 saturated heterocycles.